The Morgan fingerprint density at radius 2 is 2.24 bits per heavy atom. The number of carbonyl (C=O) groups excluding carboxylic acids is 1. The minimum absolute atomic E-state index is 0.0167. The van der Waals surface area contributed by atoms with Gasteiger partial charge in [-0.1, -0.05) is 0 Å². The monoisotopic (exact) mass is 239 g/mol. The fraction of sp³-hybridized carbons (Fsp3) is 0.333. The maximum atomic E-state index is 13.5. The van der Waals surface area contributed by atoms with Gasteiger partial charge in [-0.05, 0) is 13.8 Å². The first kappa shape index (κ1) is 11.2. The first-order valence-corrected chi connectivity index (χ1v) is 4.90. The summed E-state index contributed by atoms with van der Waals surface area (Å²) in [5, 5.41) is 7.28. The molecule has 0 atom stereocenters. The maximum absolute atomic E-state index is 13.5. The molecule has 7 nitrogen and oxygen atoms in total. The Morgan fingerprint density at radius 1 is 1.53 bits per heavy atom. The normalized spacial score (nSPS) is 10.8. The Balaban J connectivity index is 2.71. The highest BCUT2D eigenvalue weighted by Gasteiger charge is 2.24. The molecule has 0 aliphatic carbocycles. The van der Waals surface area contributed by atoms with Gasteiger partial charge in [0, 0.05) is 0 Å². The van der Waals surface area contributed by atoms with Crippen molar-refractivity contribution in [2.45, 2.75) is 13.8 Å². The van der Waals surface area contributed by atoms with Crippen molar-refractivity contribution in [1.29, 1.82) is 0 Å². The number of fused-ring (bicyclic) bond motifs is 1. The lowest BCUT2D eigenvalue weighted by Crippen LogP contribution is -2.09. The number of ether oxygens (including phenoxy) is 1. The van der Waals surface area contributed by atoms with Crippen molar-refractivity contribution in [3.8, 4) is 0 Å². The molecule has 0 bridgehead atoms. The number of rotatable bonds is 2. The zero-order valence-electron chi connectivity index (χ0n) is 9.27. The average Bonchev–Trinajstić information content (AvgIpc) is 2.54. The number of nitrogen functional groups attached to an aromatic ring is 1. The molecule has 0 amide bonds. The average molecular weight is 239 g/mol. The first-order chi connectivity index (χ1) is 8.04. The SMILES string of the molecule is CCOC(=O)c1c(F)nn2nc(C)nc(N)c12. The minimum atomic E-state index is -0.977. The van der Waals surface area contributed by atoms with E-state index in [4.69, 9.17) is 10.5 Å². The molecule has 0 spiro atoms. The minimum Gasteiger partial charge on any atom is -0.462 e. The van der Waals surface area contributed by atoms with Crippen molar-refractivity contribution >= 4 is 17.3 Å². The van der Waals surface area contributed by atoms with Crippen LogP contribution in [0.5, 0.6) is 0 Å². The van der Waals surface area contributed by atoms with Crippen LogP contribution < -0.4 is 5.73 Å². The highest BCUT2D eigenvalue weighted by atomic mass is 19.1. The van der Waals surface area contributed by atoms with Gasteiger partial charge in [-0.25, -0.2) is 9.78 Å². The molecule has 90 valence electrons. The van der Waals surface area contributed by atoms with Gasteiger partial charge >= 0.3 is 5.97 Å². The molecule has 2 aromatic heterocycles. The molecule has 0 saturated heterocycles. The predicted octanol–water partition coefficient (Wildman–Crippen LogP) is 0.331. The Hall–Kier alpha value is -2.25. The van der Waals surface area contributed by atoms with Crippen LogP contribution in [0.4, 0.5) is 10.2 Å². The van der Waals surface area contributed by atoms with E-state index in [2.05, 4.69) is 15.2 Å². The fourth-order valence-corrected chi connectivity index (χ4v) is 1.45. The van der Waals surface area contributed by atoms with E-state index in [-0.39, 0.29) is 23.5 Å². The Morgan fingerprint density at radius 3 is 2.88 bits per heavy atom. The highest BCUT2D eigenvalue weighted by molar-refractivity contribution is 5.99. The van der Waals surface area contributed by atoms with Crippen molar-refractivity contribution in [3.63, 3.8) is 0 Å². The van der Waals surface area contributed by atoms with Crippen LogP contribution >= 0.6 is 0 Å². The number of carbonyl (C=O) groups is 1. The molecule has 2 N–H and O–H groups in total. The third kappa shape index (κ3) is 1.77. The van der Waals surface area contributed by atoms with E-state index in [0.29, 0.717) is 5.82 Å². The van der Waals surface area contributed by atoms with E-state index in [0.717, 1.165) is 4.63 Å². The van der Waals surface area contributed by atoms with E-state index in [1.54, 1.807) is 13.8 Å². The number of aromatic nitrogens is 4. The molecule has 0 aromatic carbocycles. The number of hydrogen-bond acceptors (Lipinski definition) is 6. The highest BCUT2D eigenvalue weighted by Crippen LogP contribution is 2.19. The van der Waals surface area contributed by atoms with Gasteiger partial charge in [0.25, 0.3) is 0 Å². The van der Waals surface area contributed by atoms with Crippen LogP contribution in [0.2, 0.25) is 0 Å². The topological polar surface area (TPSA) is 95.4 Å². The van der Waals surface area contributed by atoms with Crippen molar-refractivity contribution in [1.82, 2.24) is 19.8 Å². The molecule has 0 saturated carbocycles. The molecule has 2 heterocycles. The summed E-state index contributed by atoms with van der Waals surface area (Å²) in [5.41, 5.74) is 5.30. The van der Waals surface area contributed by atoms with Gasteiger partial charge in [-0.15, -0.1) is 14.8 Å². The number of nitrogens with zero attached hydrogens (tertiary/aromatic N) is 4. The molecule has 0 aliphatic rings. The summed E-state index contributed by atoms with van der Waals surface area (Å²) in [6.07, 6.45) is 0. The van der Waals surface area contributed by atoms with Crippen molar-refractivity contribution in [3.05, 3.63) is 17.3 Å². The fourth-order valence-electron chi connectivity index (χ4n) is 1.45. The van der Waals surface area contributed by atoms with E-state index in [1.807, 2.05) is 0 Å². The number of aryl methyl sites for hydroxylation is 1. The number of esters is 1. The van der Waals surface area contributed by atoms with Gasteiger partial charge in [0.05, 0.1) is 6.61 Å². The molecule has 2 aromatic rings. The maximum Gasteiger partial charge on any atom is 0.345 e. The third-order valence-electron chi connectivity index (χ3n) is 2.07. The molecule has 0 radical (unpaired) electrons. The smallest absolute Gasteiger partial charge is 0.345 e. The lowest BCUT2D eigenvalue weighted by atomic mass is 10.3. The summed E-state index contributed by atoms with van der Waals surface area (Å²) in [4.78, 5) is 15.4. The molecule has 0 unspecified atom stereocenters. The van der Waals surface area contributed by atoms with Crippen LogP contribution in [0.3, 0.4) is 0 Å². The van der Waals surface area contributed by atoms with Crippen molar-refractivity contribution in [2.24, 2.45) is 0 Å². The summed E-state index contributed by atoms with van der Waals surface area (Å²) in [6.45, 7) is 3.33. The van der Waals surface area contributed by atoms with E-state index in [1.165, 1.54) is 0 Å². The number of halogens is 1. The molecule has 0 fully saturated rings. The molecule has 8 heteroatoms. The van der Waals surface area contributed by atoms with Crippen LogP contribution in [0.25, 0.3) is 5.52 Å². The van der Waals surface area contributed by atoms with Crippen LogP contribution in [-0.4, -0.2) is 32.4 Å². The zero-order valence-corrected chi connectivity index (χ0v) is 9.27. The van der Waals surface area contributed by atoms with Gasteiger partial charge in [-0.2, -0.15) is 4.39 Å². The second kappa shape index (κ2) is 3.96. The number of hydrogen-bond donors (Lipinski definition) is 1. The standard InChI is InChI=1S/C9H10FN5O2/c1-3-17-9(16)5-6-8(11)12-4(2)13-15(6)14-7(5)10/h3H2,1-2H3,(H2,11,12,13). The van der Waals surface area contributed by atoms with Gasteiger partial charge in [0.2, 0.25) is 5.95 Å². The number of anilines is 1. The van der Waals surface area contributed by atoms with Crippen LogP contribution in [0.1, 0.15) is 23.1 Å². The molecule has 17 heavy (non-hydrogen) atoms. The van der Waals surface area contributed by atoms with Gasteiger partial charge < -0.3 is 10.5 Å². The van der Waals surface area contributed by atoms with Crippen molar-refractivity contribution < 1.29 is 13.9 Å². The van der Waals surface area contributed by atoms with Crippen LogP contribution in [-0.2, 0) is 4.74 Å². The van der Waals surface area contributed by atoms with Gasteiger partial charge in [0.15, 0.2) is 5.82 Å². The Labute approximate surface area is 95.4 Å². The molecular formula is C9H10FN5O2. The summed E-state index contributed by atoms with van der Waals surface area (Å²) >= 11 is 0. The zero-order chi connectivity index (χ0) is 12.6. The third-order valence-corrected chi connectivity index (χ3v) is 2.07. The summed E-state index contributed by atoms with van der Waals surface area (Å²) in [7, 11) is 0. The van der Waals surface area contributed by atoms with Crippen molar-refractivity contribution in [2.75, 3.05) is 12.3 Å². The summed E-state index contributed by atoms with van der Waals surface area (Å²) in [6, 6.07) is 0. The summed E-state index contributed by atoms with van der Waals surface area (Å²) in [5.74, 6) is -1.50. The summed E-state index contributed by atoms with van der Waals surface area (Å²) < 4.78 is 19.2. The second-order valence-electron chi connectivity index (χ2n) is 3.27. The molecular weight excluding hydrogens is 229 g/mol. The van der Waals surface area contributed by atoms with Crippen LogP contribution in [0, 0.1) is 12.9 Å². The lowest BCUT2D eigenvalue weighted by Gasteiger charge is -2.01. The van der Waals surface area contributed by atoms with E-state index in [9.17, 15) is 9.18 Å². The molecule has 0 aliphatic heterocycles. The quantitative estimate of drug-likeness (QED) is 0.759. The second-order valence-corrected chi connectivity index (χ2v) is 3.27. The van der Waals surface area contributed by atoms with E-state index < -0.39 is 11.9 Å². The lowest BCUT2D eigenvalue weighted by molar-refractivity contribution is 0.0523. The first-order valence-electron chi connectivity index (χ1n) is 4.90. The van der Waals surface area contributed by atoms with Gasteiger partial charge in [-0.3, -0.25) is 0 Å². The van der Waals surface area contributed by atoms with E-state index >= 15 is 0 Å². The largest absolute Gasteiger partial charge is 0.462 e. The van der Waals surface area contributed by atoms with Crippen LogP contribution in [0.15, 0.2) is 0 Å². The van der Waals surface area contributed by atoms with Gasteiger partial charge in [0.1, 0.15) is 16.9 Å². The predicted molar refractivity (Wildman–Crippen MR) is 55.8 cm³/mol. The Bertz CT molecular complexity index is 595. The Kier molecular flexibility index (Phi) is 2.62. The number of nitrogens with two attached hydrogens (primary N) is 1. The molecule has 2 rings (SSSR count).